The summed E-state index contributed by atoms with van der Waals surface area (Å²) in [6.07, 6.45) is 0. The number of urea groups is 1. The molecule has 0 radical (unpaired) electrons. The lowest BCUT2D eigenvalue weighted by Gasteiger charge is -2.17. The summed E-state index contributed by atoms with van der Waals surface area (Å²) in [5, 5.41) is 2.81. The molecule has 0 saturated heterocycles. The average Bonchev–Trinajstić information content (AvgIpc) is 2.61. The fraction of sp³-hybridized carbons (Fsp3) is 0.263. The monoisotopic (exact) mass is 340 g/mol. The van der Waals surface area contributed by atoms with Gasteiger partial charge in [-0.3, -0.25) is 4.79 Å². The van der Waals surface area contributed by atoms with Gasteiger partial charge in [-0.15, -0.1) is 0 Å². The van der Waals surface area contributed by atoms with Gasteiger partial charge in [0.15, 0.2) is 0 Å². The van der Waals surface area contributed by atoms with Crippen LogP contribution in [-0.4, -0.2) is 49.4 Å². The minimum atomic E-state index is -0.164. The third kappa shape index (κ3) is 5.06. The lowest BCUT2D eigenvalue weighted by Crippen LogP contribution is -2.32. The number of benzene rings is 2. The quantitative estimate of drug-likeness (QED) is 0.877. The van der Waals surface area contributed by atoms with Crippen LogP contribution in [0, 0.1) is 0 Å². The van der Waals surface area contributed by atoms with Crippen molar-refractivity contribution < 1.29 is 9.59 Å². The number of hydrogen-bond donors (Lipinski definition) is 2. The van der Waals surface area contributed by atoms with Crippen molar-refractivity contribution in [1.82, 2.24) is 9.80 Å². The smallest absolute Gasteiger partial charge is 0.321 e. The molecule has 0 fully saturated rings. The van der Waals surface area contributed by atoms with Gasteiger partial charge >= 0.3 is 6.03 Å². The normalized spacial score (nSPS) is 10.2. The molecule has 0 saturated carbocycles. The molecule has 3 amide bonds. The third-order valence-electron chi connectivity index (χ3n) is 3.82. The summed E-state index contributed by atoms with van der Waals surface area (Å²) in [6.45, 7) is 0.525. The summed E-state index contributed by atoms with van der Waals surface area (Å²) >= 11 is 0. The van der Waals surface area contributed by atoms with Gasteiger partial charge in [0, 0.05) is 33.4 Å². The van der Waals surface area contributed by atoms with E-state index in [1.807, 2.05) is 48.5 Å². The van der Waals surface area contributed by atoms with Crippen LogP contribution >= 0.6 is 0 Å². The highest BCUT2D eigenvalue weighted by Gasteiger charge is 2.08. The Labute approximate surface area is 148 Å². The van der Waals surface area contributed by atoms with E-state index in [0.29, 0.717) is 6.54 Å². The van der Waals surface area contributed by atoms with Gasteiger partial charge in [-0.05, 0) is 34.9 Å². The van der Waals surface area contributed by atoms with Crippen molar-refractivity contribution in [3.8, 4) is 11.1 Å². The molecule has 0 heterocycles. The van der Waals surface area contributed by atoms with Gasteiger partial charge in [0.25, 0.3) is 0 Å². The summed E-state index contributed by atoms with van der Waals surface area (Å²) in [4.78, 5) is 26.4. The molecule has 0 aliphatic heterocycles. The topological polar surface area (TPSA) is 78.7 Å². The van der Waals surface area contributed by atoms with Crippen LogP contribution in [0.4, 0.5) is 10.5 Å². The first kappa shape index (κ1) is 18.5. The number of amides is 3. The van der Waals surface area contributed by atoms with E-state index in [2.05, 4.69) is 5.32 Å². The molecule has 2 aromatic rings. The Morgan fingerprint density at radius 2 is 1.68 bits per heavy atom. The molecule has 0 unspecified atom stereocenters. The molecule has 2 aromatic carbocycles. The number of nitrogens with zero attached hydrogens (tertiary/aromatic N) is 2. The van der Waals surface area contributed by atoms with Gasteiger partial charge in [0.05, 0.1) is 6.54 Å². The van der Waals surface area contributed by atoms with E-state index in [1.54, 1.807) is 26.0 Å². The van der Waals surface area contributed by atoms with Gasteiger partial charge in [-0.2, -0.15) is 0 Å². The Kier molecular flexibility index (Phi) is 6.14. The molecule has 0 aromatic heterocycles. The van der Waals surface area contributed by atoms with Crippen molar-refractivity contribution in [3.05, 3.63) is 54.1 Å². The van der Waals surface area contributed by atoms with Gasteiger partial charge < -0.3 is 20.9 Å². The van der Waals surface area contributed by atoms with E-state index in [9.17, 15) is 9.59 Å². The zero-order valence-corrected chi connectivity index (χ0v) is 14.8. The van der Waals surface area contributed by atoms with Crippen molar-refractivity contribution in [2.45, 2.75) is 6.54 Å². The number of nitrogens with two attached hydrogens (primary N) is 1. The van der Waals surface area contributed by atoms with Crippen LogP contribution in [0.5, 0.6) is 0 Å². The van der Waals surface area contributed by atoms with Crippen LogP contribution in [0.2, 0.25) is 0 Å². The summed E-state index contributed by atoms with van der Waals surface area (Å²) in [5.74, 6) is -0.0913. The summed E-state index contributed by atoms with van der Waals surface area (Å²) < 4.78 is 0. The molecule has 2 rings (SSSR count). The molecule has 0 atom stereocenters. The van der Waals surface area contributed by atoms with E-state index < -0.39 is 0 Å². The molecule has 6 heteroatoms. The minimum absolute atomic E-state index is 0.0102. The third-order valence-corrected chi connectivity index (χ3v) is 3.82. The summed E-state index contributed by atoms with van der Waals surface area (Å²) in [7, 11) is 5.13. The SMILES string of the molecule is CN(C)C(=O)Nc1ccc(-c2cccc(CN(C)C(=O)CN)c2)cc1. The number of carbonyl (C=O) groups excluding carboxylic acids is 2. The Hall–Kier alpha value is -2.86. The molecule has 6 nitrogen and oxygen atoms in total. The number of likely N-dealkylation sites (N-methyl/N-ethyl adjacent to an activating group) is 1. The molecule has 0 bridgehead atoms. The predicted octanol–water partition coefficient (Wildman–Crippen LogP) is 2.36. The largest absolute Gasteiger partial charge is 0.340 e. The Bertz CT molecular complexity index is 741. The fourth-order valence-corrected chi connectivity index (χ4v) is 2.35. The predicted molar refractivity (Wildman–Crippen MR) is 100 cm³/mol. The highest BCUT2D eigenvalue weighted by molar-refractivity contribution is 5.89. The summed E-state index contributed by atoms with van der Waals surface area (Å²) in [6, 6.07) is 15.5. The maximum Gasteiger partial charge on any atom is 0.321 e. The van der Waals surface area contributed by atoms with E-state index in [-0.39, 0.29) is 18.5 Å². The second kappa shape index (κ2) is 8.30. The number of nitrogens with one attached hydrogen (secondary N) is 1. The number of anilines is 1. The second-order valence-electron chi connectivity index (χ2n) is 6.06. The first-order valence-electron chi connectivity index (χ1n) is 8.02. The number of rotatable bonds is 5. The highest BCUT2D eigenvalue weighted by atomic mass is 16.2. The highest BCUT2D eigenvalue weighted by Crippen LogP contribution is 2.23. The summed E-state index contributed by atoms with van der Waals surface area (Å²) in [5.41, 5.74) is 9.26. The zero-order valence-electron chi connectivity index (χ0n) is 14.8. The van der Waals surface area contributed by atoms with Crippen LogP contribution in [0.1, 0.15) is 5.56 Å². The van der Waals surface area contributed by atoms with Crippen LogP contribution in [0.3, 0.4) is 0 Å². The molecular weight excluding hydrogens is 316 g/mol. The van der Waals surface area contributed by atoms with Crippen LogP contribution in [0.25, 0.3) is 11.1 Å². The molecule has 3 N–H and O–H groups in total. The van der Waals surface area contributed by atoms with Crippen molar-refractivity contribution in [1.29, 1.82) is 0 Å². The lowest BCUT2D eigenvalue weighted by atomic mass is 10.0. The first-order chi connectivity index (χ1) is 11.9. The second-order valence-corrected chi connectivity index (χ2v) is 6.06. The van der Waals surface area contributed by atoms with Gasteiger partial charge in [-0.1, -0.05) is 30.3 Å². The molecule has 132 valence electrons. The van der Waals surface area contributed by atoms with Gasteiger partial charge in [0.1, 0.15) is 0 Å². The Balaban J connectivity index is 2.12. The van der Waals surface area contributed by atoms with Crippen molar-refractivity contribution in [2.75, 3.05) is 33.0 Å². The van der Waals surface area contributed by atoms with Crippen LogP contribution < -0.4 is 11.1 Å². The standard InChI is InChI=1S/C19H24N4O2/c1-22(2)19(25)21-17-9-7-15(8-10-17)16-6-4-5-14(11-16)13-23(3)18(24)12-20/h4-11H,12-13,20H2,1-3H3,(H,21,25). The van der Waals surface area contributed by atoms with E-state index in [4.69, 9.17) is 5.73 Å². The maximum absolute atomic E-state index is 11.7. The molecule has 0 spiro atoms. The van der Waals surface area contributed by atoms with Crippen molar-refractivity contribution >= 4 is 17.6 Å². The zero-order chi connectivity index (χ0) is 18.4. The van der Waals surface area contributed by atoms with E-state index in [0.717, 1.165) is 22.4 Å². The van der Waals surface area contributed by atoms with E-state index >= 15 is 0 Å². The van der Waals surface area contributed by atoms with Crippen molar-refractivity contribution in [2.24, 2.45) is 5.73 Å². The van der Waals surface area contributed by atoms with Crippen LogP contribution in [-0.2, 0) is 11.3 Å². The van der Waals surface area contributed by atoms with Gasteiger partial charge in [0.2, 0.25) is 5.91 Å². The van der Waals surface area contributed by atoms with Crippen LogP contribution in [0.15, 0.2) is 48.5 Å². The molecule has 0 aliphatic rings. The number of hydrogen-bond acceptors (Lipinski definition) is 3. The van der Waals surface area contributed by atoms with Gasteiger partial charge in [-0.25, -0.2) is 4.79 Å². The maximum atomic E-state index is 11.7. The first-order valence-corrected chi connectivity index (χ1v) is 8.02. The number of carbonyl (C=O) groups is 2. The lowest BCUT2D eigenvalue weighted by molar-refractivity contribution is -0.128. The van der Waals surface area contributed by atoms with Crippen molar-refractivity contribution in [3.63, 3.8) is 0 Å². The fourth-order valence-electron chi connectivity index (χ4n) is 2.35. The minimum Gasteiger partial charge on any atom is -0.340 e. The molecule has 25 heavy (non-hydrogen) atoms. The Morgan fingerprint density at radius 1 is 1.00 bits per heavy atom. The molecular formula is C19H24N4O2. The van der Waals surface area contributed by atoms with E-state index in [1.165, 1.54) is 4.90 Å². The molecule has 0 aliphatic carbocycles. The Morgan fingerprint density at radius 3 is 2.28 bits per heavy atom. The average molecular weight is 340 g/mol.